The highest BCUT2D eigenvalue weighted by molar-refractivity contribution is 9.10. The van der Waals surface area contributed by atoms with E-state index in [1.807, 2.05) is 0 Å². The van der Waals surface area contributed by atoms with Crippen LogP contribution in [0.3, 0.4) is 0 Å². The van der Waals surface area contributed by atoms with Gasteiger partial charge < -0.3 is 10.4 Å². The molecular weight excluding hydrogens is 308 g/mol. The Morgan fingerprint density at radius 2 is 1.89 bits per heavy atom. The van der Waals surface area contributed by atoms with Gasteiger partial charge in [-0.3, -0.25) is 4.79 Å². The number of amides is 1. The summed E-state index contributed by atoms with van der Waals surface area (Å²) in [7, 11) is 0. The third-order valence-corrected chi connectivity index (χ3v) is 3.01. The lowest BCUT2D eigenvalue weighted by Gasteiger charge is -2.20. The third-order valence-electron chi connectivity index (χ3n) is 2.55. The average molecular weight is 322 g/mol. The monoisotopic (exact) mass is 321 g/mol. The van der Waals surface area contributed by atoms with Gasteiger partial charge in [-0.05, 0) is 18.1 Å². The quantitative estimate of drug-likeness (QED) is 0.895. The zero-order chi connectivity index (χ0) is 13.9. The Morgan fingerprint density at radius 1 is 1.39 bits per heavy atom. The Labute approximate surface area is 112 Å². The van der Waals surface area contributed by atoms with Gasteiger partial charge in [0.2, 0.25) is 0 Å². The number of carbonyl (C=O) groups is 1. The Bertz CT molecular complexity index is 429. The van der Waals surface area contributed by atoms with Crippen LogP contribution >= 0.6 is 15.9 Å². The topological polar surface area (TPSA) is 49.3 Å². The van der Waals surface area contributed by atoms with Gasteiger partial charge in [0.25, 0.3) is 5.91 Å². The number of benzene rings is 1. The molecule has 3 nitrogen and oxygen atoms in total. The minimum Gasteiger partial charge on any atom is -0.394 e. The van der Waals surface area contributed by atoms with Crippen molar-refractivity contribution in [2.24, 2.45) is 5.92 Å². The van der Waals surface area contributed by atoms with Gasteiger partial charge in [-0.2, -0.15) is 0 Å². The molecule has 0 radical (unpaired) electrons. The molecule has 0 bridgehead atoms. The van der Waals surface area contributed by atoms with E-state index in [9.17, 15) is 13.6 Å². The molecule has 18 heavy (non-hydrogen) atoms. The molecule has 0 aliphatic rings. The van der Waals surface area contributed by atoms with Gasteiger partial charge in [-0.1, -0.05) is 29.8 Å². The third kappa shape index (κ3) is 3.49. The van der Waals surface area contributed by atoms with Crippen LogP contribution in [0.4, 0.5) is 8.78 Å². The molecule has 2 N–H and O–H groups in total. The van der Waals surface area contributed by atoms with Crippen LogP contribution in [0.15, 0.2) is 16.6 Å². The predicted octanol–water partition coefficient (Wildman–Crippen LogP) is 2.47. The van der Waals surface area contributed by atoms with Crippen molar-refractivity contribution in [3.05, 3.63) is 33.8 Å². The molecule has 0 aliphatic heterocycles. The highest BCUT2D eigenvalue weighted by Gasteiger charge is 2.22. The minimum absolute atomic E-state index is 0.0412. The molecule has 100 valence electrons. The van der Waals surface area contributed by atoms with Gasteiger partial charge in [0.1, 0.15) is 17.2 Å². The number of hydrogen-bond donors (Lipinski definition) is 2. The van der Waals surface area contributed by atoms with E-state index >= 15 is 0 Å². The number of carbonyl (C=O) groups excluding carboxylic acids is 1. The van der Waals surface area contributed by atoms with Gasteiger partial charge in [0, 0.05) is 4.47 Å². The maximum atomic E-state index is 13.5. The molecule has 1 aromatic rings. The van der Waals surface area contributed by atoms with Gasteiger partial charge in [0.15, 0.2) is 0 Å². The van der Waals surface area contributed by atoms with E-state index in [4.69, 9.17) is 5.11 Å². The van der Waals surface area contributed by atoms with Gasteiger partial charge in [0.05, 0.1) is 12.6 Å². The van der Waals surface area contributed by atoms with Gasteiger partial charge in [-0.15, -0.1) is 0 Å². The van der Waals surface area contributed by atoms with Crippen LogP contribution in [0.25, 0.3) is 0 Å². The highest BCUT2D eigenvalue weighted by Crippen LogP contribution is 2.19. The molecule has 1 aromatic carbocycles. The van der Waals surface area contributed by atoms with Crippen molar-refractivity contribution >= 4 is 21.8 Å². The van der Waals surface area contributed by atoms with E-state index in [0.29, 0.717) is 0 Å². The van der Waals surface area contributed by atoms with Crippen molar-refractivity contribution in [1.82, 2.24) is 5.32 Å². The highest BCUT2D eigenvalue weighted by atomic mass is 79.9. The molecule has 6 heteroatoms. The van der Waals surface area contributed by atoms with Crippen LogP contribution < -0.4 is 5.32 Å². The molecule has 1 atom stereocenters. The summed E-state index contributed by atoms with van der Waals surface area (Å²) in [4.78, 5) is 11.8. The lowest BCUT2D eigenvalue weighted by Crippen LogP contribution is -2.41. The summed E-state index contributed by atoms with van der Waals surface area (Å²) in [6.45, 7) is 3.29. The fraction of sp³-hybridized carbons (Fsp3) is 0.417. The number of nitrogens with one attached hydrogen (secondary N) is 1. The maximum absolute atomic E-state index is 13.5. The number of hydrogen-bond acceptors (Lipinski definition) is 2. The molecule has 0 aromatic heterocycles. The van der Waals surface area contributed by atoms with Crippen LogP contribution in [-0.2, 0) is 0 Å². The van der Waals surface area contributed by atoms with Crippen molar-refractivity contribution in [3.63, 3.8) is 0 Å². The molecule has 0 unspecified atom stereocenters. The number of halogens is 3. The average Bonchev–Trinajstić information content (AvgIpc) is 2.23. The van der Waals surface area contributed by atoms with Crippen LogP contribution in [0, 0.1) is 17.6 Å². The summed E-state index contributed by atoms with van der Waals surface area (Å²) < 4.78 is 27.3. The first-order chi connectivity index (χ1) is 8.36. The minimum atomic E-state index is -0.945. The summed E-state index contributed by atoms with van der Waals surface area (Å²) in [5.74, 6) is -2.80. The molecule has 0 saturated carbocycles. The van der Waals surface area contributed by atoms with Crippen molar-refractivity contribution < 1.29 is 18.7 Å². The first kappa shape index (κ1) is 15.0. The van der Waals surface area contributed by atoms with Crippen molar-refractivity contribution in [1.29, 1.82) is 0 Å². The molecule has 1 rings (SSSR count). The summed E-state index contributed by atoms with van der Waals surface area (Å²) in [5.41, 5.74) is -0.641. The first-order valence-corrected chi connectivity index (χ1v) is 6.22. The van der Waals surface area contributed by atoms with Crippen molar-refractivity contribution in [2.45, 2.75) is 19.9 Å². The predicted molar refractivity (Wildman–Crippen MR) is 67.2 cm³/mol. The lowest BCUT2D eigenvalue weighted by molar-refractivity contribution is 0.0888. The smallest absolute Gasteiger partial charge is 0.257 e. The second-order valence-electron chi connectivity index (χ2n) is 4.25. The zero-order valence-electron chi connectivity index (χ0n) is 10.0. The summed E-state index contributed by atoms with van der Waals surface area (Å²) in [6, 6.07) is 1.49. The molecule has 1 amide bonds. The molecule has 0 fully saturated rings. The second-order valence-corrected chi connectivity index (χ2v) is 5.17. The largest absolute Gasteiger partial charge is 0.394 e. The zero-order valence-corrected chi connectivity index (χ0v) is 11.6. The van der Waals surface area contributed by atoms with E-state index in [1.165, 1.54) is 0 Å². The van der Waals surface area contributed by atoms with E-state index in [2.05, 4.69) is 21.2 Å². The Hall–Kier alpha value is -1.01. The first-order valence-electron chi connectivity index (χ1n) is 5.43. The molecule has 0 aliphatic carbocycles. The molecule has 0 spiro atoms. The Morgan fingerprint density at radius 3 is 2.28 bits per heavy atom. The lowest BCUT2D eigenvalue weighted by atomic mass is 10.0. The Kier molecular flexibility index (Phi) is 5.22. The molecular formula is C12H14BrF2NO2. The fourth-order valence-corrected chi connectivity index (χ4v) is 1.82. The summed E-state index contributed by atoms with van der Waals surface area (Å²) in [6.07, 6.45) is 0. The van der Waals surface area contributed by atoms with E-state index in [-0.39, 0.29) is 17.0 Å². The standard InChI is InChI=1S/C12H14BrF2NO2/c1-6(2)10(5-17)16-12(18)11-8(14)3-7(13)4-9(11)15/h3-4,6,10,17H,5H2,1-2H3,(H,16,18)/t10-/m1/s1. The number of aliphatic hydroxyl groups is 1. The maximum Gasteiger partial charge on any atom is 0.257 e. The van der Waals surface area contributed by atoms with E-state index in [1.54, 1.807) is 13.8 Å². The van der Waals surface area contributed by atoms with Crippen LogP contribution in [0.2, 0.25) is 0 Å². The summed E-state index contributed by atoms with van der Waals surface area (Å²) >= 11 is 2.93. The normalized spacial score (nSPS) is 12.6. The van der Waals surface area contributed by atoms with Crippen LogP contribution in [-0.4, -0.2) is 23.7 Å². The van der Waals surface area contributed by atoms with Crippen molar-refractivity contribution in [3.8, 4) is 0 Å². The fourth-order valence-electron chi connectivity index (χ4n) is 1.42. The van der Waals surface area contributed by atoms with Crippen LogP contribution in [0.1, 0.15) is 24.2 Å². The van der Waals surface area contributed by atoms with Gasteiger partial charge >= 0.3 is 0 Å². The Balaban J connectivity index is 2.98. The number of rotatable bonds is 4. The van der Waals surface area contributed by atoms with E-state index < -0.39 is 29.1 Å². The van der Waals surface area contributed by atoms with Crippen LogP contribution in [0.5, 0.6) is 0 Å². The summed E-state index contributed by atoms with van der Waals surface area (Å²) in [5, 5.41) is 11.5. The SMILES string of the molecule is CC(C)[C@@H](CO)NC(=O)c1c(F)cc(Br)cc1F. The molecule has 0 saturated heterocycles. The second kappa shape index (κ2) is 6.24. The van der Waals surface area contributed by atoms with Gasteiger partial charge in [-0.25, -0.2) is 8.78 Å². The number of aliphatic hydroxyl groups excluding tert-OH is 1. The molecule has 0 heterocycles. The van der Waals surface area contributed by atoms with Crippen molar-refractivity contribution in [2.75, 3.05) is 6.61 Å². The van der Waals surface area contributed by atoms with E-state index in [0.717, 1.165) is 12.1 Å².